The van der Waals surface area contributed by atoms with E-state index < -0.39 is 95.1 Å². The first-order valence-electron chi connectivity index (χ1n) is 24.3. The zero-order valence-corrected chi connectivity index (χ0v) is 43.8. The summed E-state index contributed by atoms with van der Waals surface area (Å²) >= 11 is 12.5. The standard InChI is InChI=1S/C52H64Cl2N8O12/c1-31(55)43(63)57-41(47(65)61-21-13-19-39(61)45-59-51(29-73-45,49(67)69-5)27-35-15-11-17-37(53)25-35)33(3)71-23-9-7-8-10-24-72-34(4)42(58-44(64)32(2)56)48(66)62-22-14-20-40(62)46-60-52(30-74-46,50(68)70-6)28-36-16-12-18-38(54)26-36/h11-12,15-18,25-26,31-34,39-42H,13-14,19-24,27-30,55-56H2,1-6H3,(H,57,63)(H,58,64)/t31-,32-,33+,34+,39-,40-,41-,42-,51+,52+/m0/s1. The van der Waals surface area contributed by atoms with Crippen molar-refractivity contribution >= 4 is 70.6 Å². The van der Waals surface area contributed by atoms with Gasteiger partial charge in [0, 0.05) is 36.0 Å². The minimum Gasteiger partial charge on any atom is -0.476 e. The van der Waals surface area contributed by atoms with Crippen molar-refractivity contribution in [3.05, 3.63) is 69.7 Å². The Kier molecular flexibility index (Phi) is 19.9. The Morgan fingerprint density at radius 1 is 0.689 bits per heavy atom. The number of rotatable bonds is 20. The van der Waals surface area contributed by atoms with Crippen molar-refractivity contribution in [2.24, 2.45) is 21.5 Å². The largest absolute Gasteiger partial charge is 0.476 e. The van der Waals surface area contributed by atoms with Gasteiger partial charge in [-0.2, -0.15) is 0 Å². The molecule has 74 heavy (non-hydrogen) atoms. The van der Waals surface area contributed by atoms with Crippen molar-refractivity contribution in [1.29, 1.82) is 0 Å². The second kappa shape index (κ2) is 25.8. The number of aliphatic imine (C=N–C) groups is 2. The Balaban J connectivity index is 1.08. The molecule has 2 fully saturated rings. The van der Waals surface area contributed by atoms with Crippen LogP contribution >= 0.6 is 23.2 Å². The smallest absolute Gasteiger partial charge is 0.337 e. The number of carbonyl (C=O) groups is 6. The van der Waals surface area contributed by atoms with Gasteiger partial charge in [0.15, 0.2) is 11.1 Å². The van der Waals surface area contributed by atoms with Crippen LogP contribution in [0.25, 0.3) is 0 Å². The molecule has 20 nitrogen and oxygen atoms in total. The quantitative estimate of drug-likeness (QED) is 0.109. The first kappa shape index (κ1) is 57.0. The van der Waals surface area contributed by atoms with Crippen LogP contribution in [0.5, 0.6) is 0 Å². The van der Waals surface area contributed by atoms with E-state index in [0.717, 1.165) is 11.1 Å². The SMILES string of the molecule is COC(=O)[C@@]1(Cc2cccc(Cl)c2)COC([C@@H]2CCCN2C(=O)[C@@H](NC(=O)[C@H](C)N)[C@@H](C)OCC#CC#CCO[C@H](C)[C@H](NC(=O)[C@H](C)N)C(=O)N2CCC[C@H]2C2=N[C@@](Cc3cccc(Cl)c3)(C(=O)OC)CO2)=N1. The molecular weight excluding hydrogens is 1000 g/mol. The van der Waals surface area contributed by atoms with Gasteiger partial charge in [0.05, 0.1) is 38.5 Å². The minimum absolute atomic E-state index is 0.105. The Hall–Kier alpha value is -6.26. The third-order valence-corrected chi connectivity index (χ3v) is 13.5. The van der Waals surface area contributed by atoms with Crippen LogP contribution in [0.4, 0.5) is 0 Å². The molecule has 6 rings (SSSR count). The lowest BCUT2D eigenvalue weighted by molar-refractivity contribution is -0.148. The second-order valence-electron chi connectivity index (χ2n) is 18.7. The number of halogens is 2. The maximum atomic E-state index is 14.3. The normalized spacial score (nSPS) is 23.4. The van der Waals surface area contributed by atoms with E-state index in [0.29, 0.717) is 48.8 Å². The molecule has 10 atom stereocenters. The Labute approximate surface area is 440 Å². The summed E-state index contributed by atoms with van der Waals surface area (Å²) in [7, 11) is 2.55. The summed E-state index contributed by atoms with van der Waals surface area (Å²) in [6, 6.07) is 8.61. The predicted molar refractivity (Wildman–Crippen MR) is 274 cm³/mol. The van der Waals surface area contributed by atoms with E-state index in [1.54, 1.807) is 60.0 Å². The molecule has 4 aliphatic heterocycles. The number of esters is 2. The number of carbonyl (C=O) groups excluding carboxylic acids is 6. The topological polar surface area (TPSA) is 265 Å². The highest BCUT2D eigenvalue weighted by Crippen LogP contribution is 2.33. The van der Waals surface area contributed by atoms with Crippen LogP contribution in [0, 0.1) is 23.7 Å². The van der Waals surface area contributed by atoms with Crippen LogP contribution in [-0.4, -0.2) is 170 Å². The number of methoxy groups -OCH3 is 2. The maximum absolute atomic E-state index is 14.3. The molecule has 0 bridgehead atoms. The van der Waals surface area contributed by atoms with E-state index in [1.807, 2.05) is 12.1 Å². The van der Waals surface area contributed by atoms with Gasteiger partial charge < -0.3 is 60.3 Å². The minimum atomic E-state index is -1.40. The third-order valence-electron chi connectivity index (χ3n) is 13.1. The molecule has 4 amide bonds. The highest BCUT2D eigenvalue weighted by Gasteiger charge is 2.51. The van der Waals surface area contributed by atoms with Crippen LogP contribution in [0.1, 0.15) is 64.5 Å². The first-order valence-corrected chi connectivity index (χ1v) is 25.1. The number of nitrogens with one attached hydrogen (secondary N) is 2. The van der Waals surface area contributed by atoms with Gasteiger partial charge in [-0.3, -0.25) is 19.2 Å². The molecule has 22 heteroatoms. The molecule has 6 N–H and O–H groups in total. The Morgan fingerprint density at radius 2 is 1.08 bits per heavy atom. The lowest BCUT2D eigenvalue weighted by atomic mass is 9.92. The van der Waals surface area contributed by atoms with Crippen LogP contribution in [-0.2, 0) is 70.0 Å². The lowest BCUT2D eigenvalue weighted by Crippen LogP contribution is -2.58. The molecule has 2 aromatic rings. The first-order chi connectivity index (χ1) is 35.3. The molecular formula is C52H64Cl2N8O12. The third kappa shape index (κ3) is 13.9. The van der Waals surface area contributed by atoms with E-state index >= 15 is 0 Å². The molecule has 4 heterocycles. The average molecular weight is 1060 g/mol. The molecule has 0 spiro atoms. The number of nitrogens with two attached hydrogens (primary N) is 2. The summed E-state index contributed by atoms with van der Waals surface area (Å²) in [6.07, 6.45) is 0.701. The highest BCUT2D eigenvalue weighted by molar-refractivity contribution is 6.31. The van der Waals surface area contributed by atoms with E-state index in [2.05, 4.69) is 34.3 Å². The number of amides is 4. The van der Waals surface area contributed by atoms with Gasteiger partial charge in [0.2, 0.25) is 35.4 Å². The summed E-state index contributed by atoms with van der Waals surface area (Å²) in [5, 5.41) is 6.43. The van der Waals surface area contributed by atoms with Gasteiger partial charge in [-0.15, -0.1) is 0 Å². The average Bonchev–Trinajstić information content (AvgIpc) is 4.22. The number of nitrogens with zero attached hydrogens (tertiary/aromatic N) is 4. The number of ether oxygens (including phenoxy) is 6. The molecule has 2 aromatic carbocycles. The summed E-state index contributed by atoms with van der Waals surface area (Å²) in [5.41, 5.74) is 10.5. The van der Waals surface area contributed by atoms with E-state index in [4.69, 9.17) is 73.1 Å². The molecule has 4 aliphatic rings. The van der Waals surface area contributed by atoms with Crippen LogP contribution in [0.2, 0.25) is 10.0 Å². The van der Waals surface area contributed by atoms with Crippen LogP contribution in [0.3, 0.4) is 0 Å². The van der Waals surface area contributed by atoms with Crippen LogP contribution in [0.15, 0.2) is 58.5 Å². The monoisotopic (exact) mass is 1060 g/mol. The molecule has 0 aliphatic carbocycles. The molecule has 398 valence electrons. The fourth-order valence-corrected chi connectivity index (χ4v) is 9.55. The molecule has 0 aromatic heterocycles. The van der Waals surface area contributed by atoms with Crippen molar-refractivity contribution < 1.29 is 57.2 Å². The Morgan fingerprint density at radius 3 is 1.43 bits per heavy atom. The Bertz CT molecular complexity index is 2430. The van der Waals surface area contributed by atoms with E-state index in [9.17, 15) is 28.8 Å². The van der Waals surface area contributed by atoms with Crippen molar-refractivity contribution in [2.75, 3.05) is 53.7 Å². The number of benzene rings is 2. The summed E-state index contributed by atoms with van der Waals surface area (Å²) in [5.74, 6) is 8.04. The van der Waals surface area contributed by atoms with Gasteiger partial charge in [-0.1, -0.05) is 59.3 Å². The molecule has 0 radical (unpaired) electrons. The summed E-state index contributed by atoms with van der Waals surface area (Å²) in [6.45, 7) is 6.29. The predicted octanol–water partition coefficient (Wildman–Crippen LogP) is 1.92. The zero-order chi connectivity index (χ0) is 53.7. The second-order valence-corrected chi connectivity index (χ2v) is 19.6. The van der Waals surface area contributed by atoms with Crippen molar-refractivity contribution in [3.63, 3.8) is 0 Å². The fourth-order valence-electron chi connectivity index (χ4n) is 9.12. The van der Waals surface area contributed by atoms with Crippen molar-refractivity contribution in [3.8, 4) is 23.7 Å². The molecule has 0 saturated carbocycles. The molecule has 2 saturated heterocycles. The van der Waals surface area contributed by atoms with Gasteiger partial charge in [0.25, 0.3) is 0 Å². The lowest BCUT2D eigenvalue weighted by Gasteiger charge is -2.31. The van der Waals surface area contributed by atoms with E-state index in [1.165, 1.54) is 28.1 Å². The summed E-state index contributed by atoms with van der Waals surface area (Å²) in [4.78, 5) is 93.5. The van der Waals surface area contributed by atoms with Crippen molar-refractivity contribution in [1.82, 2.24) is 20.4 Å². The number of hydrogen-bond acceptors (Lipinski definition) is 16. The fraction of sp³-hybridized carbons (Fsp3) is 0.538. The molecule has 0 unspecified atom stereocenters. The van der Waals surface area contributed by atoms with Crippen LogP contribution < -0.4 is 22.1 Å². The van der Waals surface area contributed by atoms with E-state index in [-0.39, 0.29) is 51.1 Å². The zero-order valence-electron chi connectivity index (χ0n) is 42.3. The van der Waals surface area contributed by atoms with Gasteiger partial charge in [0.1, 0.15) is 50.6 Å². The van der Waals surface area contributed by atoms with Gasteiger partial charge in [-0.05, 0) is 101 Å². The van der Waals surface area contributed by atoms with Gasteiger partial charge >= 0.3 is 11.9 Å². The number of likely N-dealkylation sites (tertiary alicyclic amines) is 2. The van der Waals surface area contributed by atoms with Gasteiger partial charge in [-0.25, -0.2) is 19.6 Å². The highest BCUT2D eigenvalue weighted by atomic mass is 35.5. The number of hydrogen-bond donors (Lipinski definition) is 4. The van der Waals surface area contributed by atoms with Crippen molar-refractivity contribution in [2.45, 2.75) is 126 Å². The maximum Gasteiger partial charge on any atom is 0.337 e. The summed E-state index contributed by atoms with van der Waals surface area (Å²) < 4.78 is 34.3.